The lowest BCUT2D eigenvalue weighted by Gasteiger charge is -2.21. The number of nitro groups is 1. The third-order valence-corrected chi connectivity index (χ3v) is 4.17. The number of carbonyl (C=O) groups is 1. The van der Waals surface area contributed by atoms with Gasteiger partial charge in [0.25, 0.3) is 11.2 Å². The van der Waals surface area contributed by atoms with Gasteiger partial charge in [-0.15, -0.1) is 0 Å². The van der Waals surface area contributed by atoms with Crippen molar-refractivity contribution in [3.8, 4) is 0 Å². The Labute approximate surface area is 135 Å². The zero-order valence-electron chi connectivity index (χ0n) is 13.0. The number of hydrogen-bond acceptors (Lipinski definition) is 5. The van der Waals surface area contributed by atoms with Gasteiger partial charge in [0.2, 0.25) is 5.91 Å². The van der Waals surface area contributed by atoms with Crippen molar-refractivity contribution in [1.29, 1.82) is 0 Å². The SMILES string of the molecule is CC1=NNC(=O)[C@H]1[C@H](c1cccc([N+](=O)[O-])c1)c1c(C)[nH][nH]c1=O. The van der Waals surface area contributed by atoms with Crippen LogP contribution in [0, 0.1) is 23.0 Å². The Hall–Kier alpha value is -3.23. The van der Waals surface area contributed by atoms with Gasteiger partial charge in [-0.2, -0.15) is 5.10 Å². The second kappa shape index (κ2) is 5.76. The van der Waals surface area contributed by atoms with Gasteiger partial charge in [0.15, 0.2) is 0 Å². The average molecular weight is 329 g/mol. The van der Waals surface area contributed by atoms with Crippen molar-refractivity contribution < 1.29 is 9.72 Å². The smallest absolute Gasteiger partial charge is 0.269 e. The van der Waals surface area contributed by atoms with Crippen LogP contribution in [0.1, 0.15) is 29.7 Å². The summed E-state index contributed by atoms with van der Waals surface area (Å²) in [6.07, 6.45) is 0. The number of aromatic nitrogens is 2. The fourth-order valence-corrected chi connectivity index (χ4v) is 3.05. The largest absolute Gasteiger partial charge is 0.302 e. The summed E-state index contributed by atoms with van der Waals surface area (Å²) in [5.74, 6) is -1.72. The topological polar surface area (TPSA) is 133 Å². The molecule has 2 aromatic rings. The molecule has 1 aromatic carbocycles. The summed E-state index contributed by atoms with van der Waals surface area (Å²) < 4.78 is 0. The number of amides is 1. The van der Waals surface area contributed by atoms with Crippen LogP contribution in [0.25, 0.3) is 0 Å². The molecule has 3 N–H and O–H groups in total. The monoisotopic (exact) mass is 329 g/mol. The van der Waals surface area contributed by atoms with Crippen LogP contribution >= 0.6 is 0 Å². The van der Waals surface area contributed by atoms with Crippen molar-refractivity contribution in [2.24, 2.45) is 11.0 Å². The maximum Gasteiger partial charge on any atom is 0.269 e. The van der Waals surface area contributed by atoms with Crippen LogP contribution in [0.15, 0.2) is 34.2 Å². The van der Waals surface area contributed by atoms with E-state index in [1.807, 2.05) is 0 Å². The summed E-state index contributed by atoms with van der Waals surface area (Å²) in [5, 5.41) is 20.2. The summed E-state index contributed by atoms with van der Waals surface area (Å²) in [6.45, 7) is 3.39. The summed E-state index contributed by atoms with van der Waals surface area (Å²) in [7, 11) is 0. The molecule has 0 saturated heterocycles. The Morgan fingerprint density at radius 1 is 1.25 bits per heavy atom. The third kappa shape index (κ3) is 2.49. The molecule has 0 saturated carbocycles. The Balaban J connectivity index is 2.22. The van der Waals surface area contributed by atoms with E-state index in [0.717, 1.165) is 0 Å². The minimum absolute atomic E-state index is 0.102. The molecule has 0 fully saturated rings. The summed E-state index contributed by atoms with van der Waals surface area (Å²) in [5.41, 5.74) is 3.91. The number of hydrazone groups is 1. The van der Waals surface area contributed by atoms with Crippen molar-refractivity contribution in [2.75, 3.05) is 0 Å². The number of non-ortho nitro benzene ring substituents is 1. The van der Waals surface area contributed by atoms with Crippen LogP contribution in [0.4, 0.5) is 5.69 Å². The van der Waals surface area contributed by atoms with E-state index < -0.39 is 16.8 Å². The maximum atomic E-state index is 12.3. The van der Waals surface area contributed by atoms with E-state index in [2.05, 4.69) is 20.7 Å². The molecule has 9 heteroatoms. The van der Waals surface area contributed by atoms with E-state index in [1.165, 1.54) is 18.2 Å². The van der Waals surface area contributed by atoms with Gasteiger partial charge in [-0.05, 0) is 19.4 Å². The van der Waals surface area contributed by atoms with Gasteiger partial charge in [0, 0.05) is 35.0 Å². The predicted octanol–water partition coefficient (Wildman–Crippen LogP) is 1.17. The normalized spacial score (nSPS) is 18.2. The molecule has 9 nitrogen and oxygen atoms in total. The van der Waals surface area contributed by atoms with Gasteiger partial charge in [-0.3, -0.25) is 24.8 Å². The minimum Gasteiger partial charge on any atom is -0.302 e. The highest BCUT2D eigenvalue weighted by Gasteiger charge is 2.39. The van der Waals surface area contributed by atoms with Crippen molar-refractivity contribution in [3.63, 3.8) is 0 Å². The van der Waals surface area contributed by atoms with Gasteiger partial charge >= 0.3 is 0 Å². The van der Waals surface area contributed by atoms with E-state index >= 15 is 0 Å². The number of carbonyl (C=O) groups excluding carboxylic acids is 1. The number of benzene rings is 1. The van der Waals surface area contributed by atoms with E-state index in [4.69, 9.17) is 0 Å². The minimum atomic E-state index is -0.706. The maximum absolute atomic E-state index is 12.3. The van der Waals surface area contributed by atoms with E-state index in [1.54, 1.807) is 19.9 Å². The summed E-state index contributed by atoms with van der Waals surface area (Å²) >= 11 is 0. The van der Waals surface area contributed by atoms with Gasteiger partial charge in [-0.1, -0.05) is 12.1 Å². The highest BCUT2D eigenvalue weighted by Crippen LogP contribution is 2.35. The van der Waals surface area contributed by atoms with Crippen molar-refractivity contribution in [3.05, 3.63) is 61.6 Å². The number of rotatable bonds is 4. The molecular weight excluding hydrogens is 314 g/mol. The number of H-pyrrole nitrogens is 2. The van der Waals surface area contributed by atoms with Crippen LogP contribution in [0.3, 0.4) is 0 Å². The summed E-state index contributed by atoms with van der Waals surface area (Å²) in [6, 6.07) is 5.96. The second-order valence-electron chi connectivity index (χ2n) is 5.65. The molecule has 1 amide bonds. The van der Waals surface area contributed by atoms with Crippen LogP contribution in [-0.2, 0) is 4.79 Å². The van der Waals surface area contributed by atoms with Crippen molar-refractivity contribution in [1.82, 2.24) is 15.6 Å². The molecule has 0 spiro atoms. The van der Waals surface area contributed by atoms with E-state index in [0.29, 0.717) is 22.5 Å². The molecular formula is C15H15N5O4. The molecule has 0 radical (unpaired) electrons. The van der Waals surface area contributed by atoms with Gasteiger partial charge in [0.05, 0.1) is 10.8 Å². The van der Waals surface area contributed by atoms with Gasteiger partial charge in [-0.25, -0.2) is 5.43 Å². The molecule has 0 unspecified atom stereocenters. The Kier molecular flexibility index (Phi) is 3.76. The van der Waals surface area contributed by atoms with Gasteiger partial charge < -0.3 is 5.10 Å². The molecule has 0 bridgehead atoms. The first-order chi connectivity index (χ1) is 11.4. The molecule has 1 aliphatic heterocycles. The molecule has 2 atom stereocenters. The Morgan fingerprint density at radius 2 is 2.00 bits per heavy atom. The number of aromatic amines is 2. The van der Waals surface area contributed by atoms with Crippen molar-refractivity contribution >= 4 is 17.3 Å². The first-order valence-electron chi connectivity index (χ1n) is 7.25. The Morgan fingerprint density at radius 3 is 2.54 bits per heavy atom. The zero-order valence-corrected chi connectivity index (χ0v) is 13.0. The highest BCUT2D eigenvalue weighted by molar-refractivity contribution is 6.08. The van der Waals surface area contributed by atoms with Crippen LogP contribution in [-0.4, -0.2) is 26.7 Å². The summed E-state index contributed by atoms with van der Waals surface area (Å²) in [4.78, 5) is 35.1. The fraction of sp³-hybridized carbons (Fsp3) is 0.267. The Bertz CT molecular complexity index is 911. The molecule has 1 aromatic heterocycles. The van der Waals surface area contributed by atoms with E-state index in [-0.39, 0.29) is 17.2 Å². The quantitative estimate of drug-likeness (QED) is 0.573. The standard InChI is InChI=1S/C15H15N5O4/c1-7-11(14(21)18-16-7)13(12-8(2)17-19-15(12)22)9-4-3-5-10(6-9)20(23)24/h3-6,11,13H,1-2H3,(H,18,21)(H2,17,19,22)/t11-,13+/m1/s1. The number of nitro benzene ring substituents is 1. The molecule has 1 aliphatic rings. The fourth-order valence-electron chi connectivity index (χ4n) is 3.05. The molecule has 2 heterocycles. The van der Waals surface area contributed by atoms with Gasteiger partial charge in [0.1, 0.15) is 0 Å². The van der Waals surface area contributed by atoms with Crippen LogP contribution < -0.4 is 11.0 Å². The first-order valence-corrected chi connectivity index (χ1v) is 7.25. The molecule has 0 aliphatic carbocycles. The molecule has 124 valence electrons. The third-order valence-electron chi connectivity index (χ3n) is 4.17. The highest BCUT2D eigenvalue weighted by atomic mass is 16.6. The second-order valence-corrected chi connectivity index (χ2v) is 5.65. The number of hydrogen-bond donors (Lipinski definition) is 3. The van der Waals surface area contributed by atoms with Crippen LogP contribution in [0.5, 0.6) is 0 Å². The number of nitrogens with zero attached hydrogens (tertiary/aromatic N) is 2. The van der Waals surface area contributed by atoms with Crippen molar-refractivity contribution in [2.45, 2.75) is 19.8 Å². The average Bonchev–Trinajstić information content (AvgIpc) is 3.05. The lowest BCUT2D eigenvalue weighted by atomic mass is 9.78. The lowest BCUT2D eigenvalue weighted by Crippen LogP contribution is -2.31. The zero-order chi connectivity index (χ0) is 17.4. The number of aryl methyl sites for hydroxylation is 1. The molecule has 3 rings (SSSR count). The lowest BCUT2D eigenvalue weighted by molar-refractivity contribution is -0.384. The molecule has 24 heavy (non-hydrogen) atoms. The number of nitrogens with one attached hydrogen (secondary N) is 3. The first kappa shape index (κ1) is 15.7. The van der Waals surface area contributed by atoms with E-state index in [9.17, 15) is 19.7 Å². The predicted molar refractivity (Wildman–Crippen MR) is 85.8 cm³/mol. The van der Waals surface area contributed by atoms with Crippen LogP contribution in [0.2, 0.25) is 0 Å².